The molecule has 0 aromatic carbocycles. The van der Waals surface area contributed by atoms with Crippen molar-refractivity contribution in [1.29, 1.82) is 0 Å². The summed E-state index contributed by atoms with van der Waals surface area (Å²) >= 11 is 0. The molecule has 0 radical (unpaired) electrons. The van der Waals surface area contributed by atoms with Crippen molar-refractivity contribution in [2.75, 3.05) is 13.2 Å². The fourth-order valence-electron chi connectivity index (χ4n) is 2.55. The van der Waals surface area contributed by atoms with Crippen molar-refractivity contribution in [3.05, 3.63) is 0 Å². The van der Waals surface area contributed by atoms with Crippen LogP contribution in [0.2, 0.25) is 0 Å². The van der Waals surface area contributed by atoms with Gasteiger partial charge in [0.1, 0.15) is 0 Å². The maximum Gasteiger partial charge on any atom is 0.223 e. The van der Waals surface area contributed by atoms with Gasteiger partial charge in [0, 0.05) is 31.5 Å². The second kappa shape index (κ2) is 5.50. The van der Waals surface area contributed by atoms with Gasteiger partial charge in [0.2, 0.25) is 5.91 Å². The number of rotatable bonds is 5. The van der Waals surface area contributed by atoms with Crippen LogP contribution in [-0.2, 0) is 4.79 Å². The molecule has 0 saturated carbocycles. The van der Waals surface area contributed by atoms with Crippen LogP contribution in [0.5, 0.6) is 0 Å². The monoisotopic (exact) mass is 213 g/mol. The van der Waals surface area contributed by atoms with Crippen molar-refractivity contribution in [1.82, 2.24) is 4.90 Å². The molecule has 2 unspecified atom stereocenters. The summed E-state index contributed by atoms with van der Waals surface area (Å²) in [5.41, 5.74) is 0. The van der Waals surface area contributed by atoms with Crippen LogP contribution in [0, 0.1) is 11.8 Å². The highest BCUT2D eigenvalue weighted by Crippen LogP contribution is 2.25. The van der Waals surface area contributed by atoms with Crippen LogP contribution in [0.1, 0.15) is 40.0 Å². The highest BCUT2D eigenvalue weighted by Gasteiger charge is 2.34. The molecule has 0 aromatic rings. The van der Waals surface area contributed by atoms with Gasteiger partial charge in [0.15, 0.2) is 0 Å². The maximum absolute atomic E-state index is 11.7. The minimum absolute atomic E-state index is 0.137. The topological polar surface area (TPSA) is 40.5 Å². The lowest BCUT2D eigenvalue weighted by atomic mass is 9.94. The molecule has 3 nitrogen and oxygen atoms in total. The van der Waals surface area contributed by atoms with Crippen molar-refractivity contribution in [3.63, 3.8) is 0 Å². The van der Waals surface area contributed by atoms with Crippen LogP contribution in [-0.4, -0.2) is 35.1 Å². The molecular formula is C12H23NO2. The Morgan fingerprint density at radius 2 is 2.07 bits per heavy atom. The van der Waals surface area contributed by atoms with Gasteiger partial charge in [-0.25, -0.2) is 0 Å². The number of carbonyl (C=O) groups excluding carboxylic acids is 1. The normalized spacial score (nSPS) is 23.9. The van der Waals surface area contributed by atoms with E-state index in [0.717, 1.165) is 19.4 Å². The highest BCUT2D eigenvalue weighted by atomic mass is 16.3. The van der Waals surface area contributed by atoms with Crippen molar-refractivity contribution in [2.45, 2.75) is 46.1 Å². The predicted molar refractivity (Wildman–Crippen MR) is 60.4 cm³/mol. The second-order valence-electron chi connectivity index (χ2n) is 4.62. The van der Waals surface area contributed by atoms with Crippen LogP contribution in [0.3, 0.4) is 0 Å². The average molecular weight is 213 g/mol. The maximum atomic E-state index is 11.7. The molecular weight excluding hydrogens is 190 g/mol. The molecule has 1 aliphatic rings. The van der Waals surface area contributed by atoms with Crippen LogP contribution < -0.4 is 0 Å². The number of likely N-dealkylation sites (tertiary alicyclic amines) is 1. The van der Waals surface area contributed by atoms with Gasteiger partial charge < -0.3 is 10.0 Å². The number of amides is 1. The van der Waals surface area contributed by atoms with E-state index in [9.17, 15) is 4.79 Å². The fourth-order valence-corrected chi connectivity index (χ4v) is 2.55. The first-order chi connectivity index (χ1) is 7.13. The molecule has 15 heavy (non-hydrogen) atoms. The second-order valence-corrected chi connectivity index (χ2v) is 4.62. The zero-order valence-corrected chi connectivity index (χ0v) is 10.1. The van der Waals surface area contributed by atoms with Crippen molar-refractivity contribution < 1.29 is 9.90 Å². The summed E-state index contributed by atoms with van der Waals surface area (Å²) in [4.78, 5) is 13.7. The van der Waals surface area contributed by atoms with Crippen LogP contribution in [0.4, 0.5) is 0 Å². The van der Waals surface area contributed by atoms with E-state index >= 15 is 0 Å². The number of nitrogens with zero attached hydrogens (tertiary/aromatic N) is 1. The third-order valence-electron chi connectivity index (χ3n) is 3.72. The van der Waals surface area contributed by atoms with Crippen LogP contribution >= 0.6 is 0 Å². The van der Waals surface area contributed by atoms with Crippen molar-refractivity contribution >= 4 is 5.91 Å². The highest BCUT2D eigenvalue weighted by molar-refractivity contribution is 5.79. The van der Waals surface area contributed by atoms with E-state index in [0.29, 0.717) is 18.4 Å². The van der Waals surface area contributed by atoms with E-state index in [2.05, 4.69) is 20.8 Å². The molecule has 88 valence electrons. The minimum atomic E-state index is 0.137. The summed E-state index contributed by atoms with van der Waals surface area (Å²) in [7, 11) is 0. The zero-order valence-electron chi connectivity index (χ0n) is 10.1. The first kappa shape index (κ1) is 12.5. The molecule has 0 bridgehead atoms. The summed E-state index contributed by atoms with van der Waals surface area (Å²) in [5, 5.41) is 9.06. The lowest BCUT2D eigenvalue weighted by molar-refractivity contribution is -0.130. The Hall–Kier alpha value is -0.570. The van der Waals surface area contributed by atoms with E-state index in [1.165, 1.54) is 0 Å². The van der Waals surface area contributed by atoms with E-state index in [4.69, 9.17) is 5.11 Å². The molecule has 1 aliphatic heterocycles. The summed E-state index contributed by atoms with van der Waals surface area (Å²) < 4.78 is 0. The summed E-state index contributed by atoms with van der Waals surface area (Å²) in [6.45, 7) is 7.36. The molecule has 0 aliphatic carbocycles. The number of aliphatic hydroxyl groups excluding tert-OH is 1. The standard InChI is InChI=1S/C12H23NO2/c1-4-11(5-2)9(3)13-7-10(8-14)6-12(13)15/h9-11,14H,4-8H2,1-3H3. The van der Waals surface area contributed by atoms with Gasteiger partial charge in [-0.1, -0.05) is 26.7 Å². The fraction of sp³-hybridized carbons (Fsp3) is 0.917. The number of hydrogen-bond acceptors (Lipinski definition) is 2. The molecule has 1 N–H and O–H groups in total. The Morgan fingerprint density at radius 3 is 2.47 bits per heavy atom. The van der Waals surface area contributed by atoms with Crippen LogP contribution in [0.15, 0.2) is 0 Å². The average Bonchev–Trinajstić information content (AvgIpc) is 2.61. The SMILES string of the molecule is CCC(CC)C(C)N1CC(CO)CC1=O. The molecule has 2 atom stereocenters. The van der Waals surface area contributed by atoms with Gasteiger partial charge >= 0.3 is 0 Å². The van der Waals surface area contributed by atoms with Gasteiger partial charge in [0.05, 0.1) is 0 Å². The van der Waals surface area contributed by atoms with Gasteiger partial charge in [-0.05, 0) is 12.8 Å². The zero-order chi connectivity index (χ0) is 11.4. The lowest BCUT2D eigenvalue weighted by Crippen LogP contribution is -2.39. The molecule has 3 heteroatoms. The van der Waals surface area contributed by atoms with E-state index in [1.54, 1.807) is 0 Å². The Balaban J connectivity index is 2.59. The lowest BCUT2D eigenvalue weighted by Gasteiger charge is -2.31. The summed E-state index contributed by atoms with van der Waals surface area (Å²) in [5.74, 6) is 0.967. The van der Waals surface area contributed by atoms with Crippen molar-refractivity contribution in [3.8, 4) is 0 Å². The van der Waals surface area contributed by atoms with Gasteiger partial charge in [-0.15, -0.1) is 0 Å². The summed E-state index contributed by atoms with van der Waals surface area (Å²) in [6.07, 6.45) is 2.76. The first-order valence-corrected chi connectivity index (χ1v) is 6.04. The molecule has 0 aromatic heterocycles. The predicted octanol–water partition coefficient (Wildman–Crippen LogP) is 1.65. The summed E-state index contributed by atoms with van der Waals surface area (Å²) in [6, 6.07) is 0.323. The van der Waals surface area contributed by atoms with Crippen LogP contribution in [0.25, 0.3) is 0 Å². The molecule has 1 fully saturated rings. The van der Waals surface area contributed by atoms with Gasteiger partial charge in [-0.3, -0.25) is 4.79 Å². The smallest absolute Gasteiger partial charge is 0.223 e. The quantitative estimate of drug-likeness (QED) is 0.754. The third kappa shape index (κ3) is 2.71. The Kier molecular flexibility index (Phi) is 4.58. The largest absolute Gasteiger partial charge is 0.396 e. The minimum Gasteiger partial charge on any atom is -0.396 e. The Morgan fingerprint density at radius 1 is 1.47 bits per heavy atom. The molecule has 1 rings (SSSR count). The third-order valence-corrected chi connectivity index (χ3v) is 3.72. The van der Waals surface area contributed by atoms with Gasteiger partial charge in [-0.2, -0.15) is 0 Å². The Bertz CT molecular complexity index is 214. The molecule has 1 amide bonds. The number of aliphatic hydroxyl groups is 1. The molecule has 0 spiro atoms. The Labute approximate surface area is 92.5 Å². The van der Waals surface area contributed by atoms with E-state index in [-0.39, 0.29) is 18.4 Å². The molecule has 1 saturated heterocycles. The van der Waals surface area contributed by atoms with E-state index in [1.807, 2.05) is 4.90 Å². The molecule has 1 heterocycles. The van der Waals surface area contributed by atoms with Crippen molar-refractivity contribution in [2.24, 2.45) is 11.8 Å². The first-order valence-electron chi connectivity index (χ1n) is 6.04. The number of hydrogen-bond donors (Lipinski definition) is 1. The van der Waals surface area contributed by atoms with Gasteiger partial charge in [0.25, 0.3) is 0 Å². The van der Waals surface area contributed by atoms with E-state index < -0.39 is 0 Å². The number of carbonyl (C=O) groups is 1.